The molecule has 0 aliphatic carbocycles. The summed E-state index contributed by atoms with van der Waals surface area (Å²) in [6, 6.07) is -8.09. The van der Waals surface area contributed by atoms with Crippen LogP contribution in [-0.2, 0) is 218 Å². The third-order valence-electron chi connectivity index (χ3n) is 17.6. The van der Waals surface area contributed by atoms with Gasteiger partial charge in [-0.1, -0.05) is 0 Å². The van der Waals surface area contributed by atoms with Gasteiger partial charge < -0.3 is 133 Å². The van der Waals surface area contributed by atoms with Crippen molar-refractivity contribution < 1.29 is 288 Å². The number of aliphatic hydroxyl groups is 6. The number of nitrogens with zero attached hydrogens (tertiary/aromatic N) is 1. The van der Waals surface area contributed by atoms with Crippen LogP contribution in [0, 0.1) is 0 Å². The Morgan fingerprint density at radius 2 is 0.567 bits per heavy atom. The van der Waals surface area contributed by atoms with Gasteiger partial charge in [0.15, 0.2) is 74.4 Å². The molecule has 0 aromatic carbocycles. The molecular weight excluding hydrogens is 1970 g/mol. The van der Waals surface area contributed by atoms with Gasteiger partial charge in [-0.05, 0) is 0 Å². The number of carboxylic acids is 3. The number of methoxy groups -OCH3 is 3. The van der Waals surface area contributed by atoms with E-state index in [2.05, 4.69) is 35.7 Å². The number of amides is 3. The molecule has 740 valence electrons. The van der Waals surface area contributed by atoms with E-state index in [0.29, 0.717) is 12.0 Å². The molecular formula is C49H82N6O63S9. The van der Waals surface area contributed by atoms with Crippen molar-refractivity contribution in [1.29, 1.82) is 0 Å². The molecule has 0 radical (unpaired) electrons. The van der Waals surface area contributed by atoms with Gasteiger partial charge in [-0.25, -0.2) is 39.5 Å². The molecule has 127 heavy (non-hydrogen) atoms. The summed E-state index contributed by atoms with van der Waals surface area (Å²) in [5, 5.41) is 103. The molecule has 0 bridgehead atoms. The number of aliphatic carboxylic acids is 3. The first-order chi connectivity index (χ1) is 58.1. The van der Waals surface area contributed by atoms with Crippen LogP contribution in [0.25, 0.3) is 0 Å². The summed E-state index contributed by atoms with van der Waals surface area (Å²) >= 11 is 0. The van der Waals surface area contributed by atoms with Crippen LogP contribution in [-0.4, -0.2) is 474 Å². The van der Waals surface area contributed by atoms with E-state index in [1.807, 2.05) is 0 Å². The Kier molecular flexibility index (Phi) is 39.4. The van der Waals surface area contributed by atoms with Crippen molar-refractivity contribution in [2.24, 2.45) is 0 Å². The predicted molar refractivity (Wildman–Crippen MR) is 376 cm³/mol. The minimum atomic E-state index is -5.81. The molecule has 0 aromatic rings. The first-order valence-corrected chi connectivity index (χ1v) is 46.6. The Morgan fingerprint density at radius 3 is 0.780 bits per heavy atom. The SMILES string of the molecule is CO[C@H]1O[C@H](C(=O)O)[C@H](O[C@@H]2O[C@@H](COS(=O)(=O)O)[C@H](OCC(=O)N(CCNC(=O)CO[C@@H]3[C@@H](O)[C@H](NS(=O)(=O)O)[C@H](O[C@H]4C(C(=O)O)O[C@H](OC)[C@@H](OS(=O)(=O)O)[C@@H]4O)O[C@@H]3COS(=O)(=O)O)CCNC(=O)CO[C@@H]3[C@@H](O)[C@H](NS(=O)(=O)O)[C@H](O[C@H]4C(C(=O)O)O[C@H](OC)[C@@H](OS(=O)(=O)O)[C@@H]4O)O[C@@H]3COS(=O)(=O)O)[C@H](O)[C@H]2NS(=O)(=O)O)[C@H](O)[C@@H]1OS(=O)(=O)O. The topological polar surface area (TPSA) is 1030 Å². The van der Waals surface area contributed by atoms with Crippen LogP contribution in [0.1, 0.15) is 0 Å². The van der Waals surface area contributed by atoms with Crippen LogP contribution < -0.4 is 24.8 Å². The van der Waals surface area contributed by atoms with Gasteiger partial charge >= 0.3 is 111 Å². The maximum absolute atomic E-state index is 14.5. The zero-order chi connectivity index (χ0) is 96.3. The standard InChI is InChI=1S/C49H82N6O63S9/c1-98-47-35(116-125(89,90)91)26(62)32(38(113-47)41(65)66)110-44-20(52-119(71,72)73)23(59)29(14(107-44)8-104-122(80,81)82)101-11-17(56)50-4-6-55(19(58)13-103-31-16(10-106-124(86,87)88)109-46(22(25(31)61)54-121(77,78)79)112-34-28(64)37(118-127(95,96)97)49(100-3)115-40(34)43(69)70)7-5-51-18(57)12-102-30-15(9-105-123(83,84)85)108-45(21(24(30)60)53-120(74,75)76)111-33-27(63)36(117-126(92,93)94)48(99-2)114-39(33)42(67)68/h14-16,20-40,44-49,52-54,59-64H,4-13H2,1-3H3,(H,50,56)(H,51,57)(H,65,66)(H,67,68)(H,69,70)(H,71,72,73)(H,74,75,76)(H,77,78,79)(H,80,81,82)(H,83,84,85)(H,86,87,88)(H,89,90,91)(H,92,93,94)(H,95,96,97)/t14-,15-,16+,20+,21+,22-,23+,24+,25-,26-,27-,28+,29+,30+,31+,32-,33-,34-,35+,36+,37+,38?,39?,40+,44+,45+,46+,47+,48+,49+/m1/s1. The lowest BCUT2D eigenvalue weighted by Crippen LogP contribution is -2.68. The molecule has 0 aromatic heterocycles. The van der Waals surface area contributed by atoms with Crippen LogP contribution in [0.4, 0.5) is 0 Å². The van der Waals surface area contributed by atoms with Crippen molar-refractivity contribution in [3.8, 4) is 0 Å². The molecule has 6 aliphatic rings. The first kappa shape index (κ1) is 111. The lowest BCUT2D eigenvalue weighted by molar-refractivity contribution is -0.336. The van der Waals surface area contributed by atoms with Crippen molar-refractivity contribution >= 4 is 129 Å². The minimum absolute atomic E-state index is 0.489. The third-order valence-corrected chi connectivity index (χ3v) is 22.0. The second kappa shape index (κ2) is 45.2. The van der Waals surface area contributed by atoms with Crippen molar-refractivity contribution in [2.45, 2.75) is 184 Å². The average Bonchev–Trinajstić information content (AvgIpc) is 0.772. The molecule has 30 atom stereocenters. The molecule has 6 aliphatic heterocycles. The van der Waals surface area contributed by atoms with Gasteiger partial charge in [-0.3, -0.25) is 55.4 Å². The summed E-state index contributed by atoms with van der Waals surface area (Å²) < 4.78 is 412. The number of carbonyl (C=O) groups is 6. The van der Waals surface area contributed by atoms with Crippen LogP contribution in [0.5, 0.6) is 0 Å². The highest BCUT2D eigenvalue weighted by Gasteiger charge is 2.61. The summed E-state index contributed by atoms with van der Waals surface area (Å²) in [6.07, 6.45) is -70.0. The Hall–Kier alpha value is -5.19. The van der Waals surface area contributed by atoms with Crippen molar-refractivity contribution in [3.05, 3.63) is 0 Å². The van der Waals surface area contributed by atoms with Crippen molar-refractivity contribution in [1.82, 2.24) is 29.7 Å². The highest BCUT2D eigenvalue weighted by Crippen LogP contribution is 2.38. The number of ether oxygens (including phenoxy) is 15. The summed E-state index contributed by atoms with van der Waals surface area (Å²) in [7, 11) is -49.1. The zero-order valence-corrected chi connectivity index (χ0v) is 70.8. The molecule has 69 nitrogen and oxygen atoms in total. The van der Waals surface area contributed by atoms with Gasteiger partial charge in [-0.2, -0.15) is 89.9 Å². The Balaban J connectivity index is 1.32. The predicted octanol–water partition coefficient (Wildman–Crippen LogP) is -17.6. The van der Waals surface area contributed by atoms with E-state index in [4.69, 9.17) is 71.1 Å². The minimum Gasteiger partial charge on any atom is -0.479 e. The summed E-state index contributed by atoms with van der Waals surface area (Å²) in [5.74, 6) is -10.9. The maximum atomic E-state index is 14.5. The van der Waals surface area contributed by atoms with E-state index in [9.17, 15) is 191 Å². The average molecular weight is 2050 g/mol. The van der Waals surface area contributed by atoms with Gasteiger partial charge in [0.1, 0.15) is 130 Å². The maximum Gasteiger partial charge on any atom is 0.397 e. The van der Waals surface area contributed by atoms with Gasteiger partial charge in [-0.15, -0.1) is 0 Å². The van der Waals surface area contributed by atoms with E-state index in [1.54, 1.807) is 0 Å². The monoisotopic (exact) mass is 2050 g/mol. The normalized spacial score (nSPS) is 34.7. The smallest absolute Gasteiger partial charge is 0.397 e. The Morgan fingerprint density at radius 1 is 0.323 bits per heavy atom. The number of hydrogen-bond acceptors (Lipinski definition) is 51. The molecule has 2 unspecified atom stereocenters. The van der Waals surface area contributed by atoms with Crippen LogP contribution in [0.2, 0.25) is 0 Å². The van der Waals surface area contributed by atoms with Crippen LogP contribution in [0.3, 0.4) is 0 Å². The number of rotatable bonds is 48. The van der Waals surface area contributed by atoms with Gasteiger partial charge in [0.05, 0.1) is 19.8 Å². The number of aliphatic hydroxyl groups excluding tert-OH is 6. The molecule has 0 spiro atoms. The quantitative estimate of drug-likeness (QED) is 0.0252. The van der Waals surface area contributed by atoms with Crippen molar-refractivity contribution in [3.63, 3.8) is 0 Å². The molecule has 0 saturated carbocycles. The molecule has 78 heteroatoms. The second-order valence-electron chi connectivity index (χ2n) is 26.2. The van der Waals surface area contributed by atoms with Crippen molar-refractivity contribution in [2.75, 3.05) is 87.1 Å². The van der Waals surface area contributed by atoms with E-state index < -0.39 is 379 Å². The summed E-state index contributed by atoms with van der Waals surface area (Å²) in [4.78, 5) is 79.8. The molecule has 6 heterocycles. The number of nitrogens with one attached hydrogen (secondary N) is 5. The van der Waals surface area contributed by atoms with E-state index >= 15 is 0 Å². The molecule has 23 N–H and O–H groups in total. The van der Waals surface area contributed by atoms with E-state index in [0.717, 1.165) is 14.2 Å². The van der Waals surface area contributed by atoms with E-state index in [1.165, 1.54) is 14.2 Å². The van der Waals surface area contributed by atoms with Crippen LogP contribution >= 0.6 is 0 Å². The third kappa shape index (κ3) is 34.0. The fourth-order valence-corrected chi connectivity index (χ4v) is 16.7. The highest BCUT2D eigenvalue weighted by molar-refractivity contribution is 7.84. The van der Waals surface area contributed by atoms with Gasteiger partial charge in [0.2, 0.25) is 17.7 Å². The fraction of sp³-hybridized carbons (Fsp3) is 0.878. The van der Waals surface area contributed by atoms with Crippen LogP contribution in [0.15, 0.2) is 0 Å². The van der Waals surface area contributed by atoms with Gasteiger partial charge in [0, 0.05) is 47.5 Å². The highest BCUT2D eigenvalue weighted by atomic mass is 32.3. The first-order valence-electron chi connectivity index (χ1n) is 34.1. The molecule has 6 rings (SSSR count). The summed E-state index contributed by atoms with van der Waals surface area (Å²) in [5.41, 5.74) is 0. The Labute approximate surface area is 714 Å². The second-order valence-corrected chi connectivity index (χ2v) is 36.2. The summed E-state index contributed by atoms with van der Waals surface area (Å²) in [6.45, 7) is -13.6. The largest absolute Gasteiger partial charge is 0.479 e. The lowest BCUT2D eigenvalue weighted by Gasteiger charge is -2.47. The fourth-order valence-electron chi connectivity index (χ4n) is 12.5. The molecule has 6 saturated heterocycles. The lowest BCUT2D eigenvalue weighted by atomic mass is 9.95. The molecule has 6 fully saturated rings. The van der Waals surface area contributed by atoms with Gasteiger partial charge in [0.25, 0.3) is 0 Å². The van der Waals surface area contributed by atoms with E-state index in [-0.39, 0.29) is 0 Å². The number of carbonyl (C=O) groups excluding carboxylic acids is 3. The number of hydrogen-bond donors (Lipinski definition) is 23. The zero-order valence-electron chi connectivity index (χ0n) is 63.4. The molecule has 3 amide bonds. The number of carboxylic acid groups (broad SMARTS) is 3. The Bertz CT molecular complexity index is 4660.